The van der Waals surface area contributed by atoms with Gasteiger partial charge in [0.05, 0.1) is 13.7 Å². The third-order valence-corrected chi connectivity index (χ3v) is 4.71. The van der Waals surface area contributed by atoms with E-state index < -0.39 is 0 Å². The molecule has 0 bridgehead atoms. The van der Waals surface area contributed by atoms with Crippen LogP contribution in [0.3, 0.4) is 0 Å². The highest BCUT2D eigenvalue weighted by Crippen LogP contribution is 2.18. The van der Waals surface area contributed by atoms with Crippen LogP contribution >= 0.6 is 0 Å². The first-order chi connectivity index (χ1) is 13.2. The molecule has 0 unspecified atom stereocenters. The number of fused-ring (bicyclic) bond motifs is 1. The van der Waals surface area contributed by atoms with Crippen molar-refractivity contribution in [2.24, 2.45) is 4.99 Å². The molecule has 1 aliphatic rings. The molecule has 0 saturated carbocycles. The Morgan fingerprint density at radius 3 is 2.74 bits per heavy atom. The number of ether oxygens (including phenoxy) is 1. The molecule has 6 heteroatoms. The molecule has 3 rings (SSSR count). The minimum Gasteiger partial charge on any atom is -0.497 e. The van der Waals surface area contributed by atoms with Crippen LogP contribution in [0.1, 0.15) is 16.7 Å². The Bertz CT molecular complexity index is 819. The number of nitrogens with one attached hydrogen (secondary N) is 2. The number of rotatable bonds is 5. The number of aliphatic imine (C=N–C) groups is 1. The van der Waals surface area contributed by atoms with Crippen molar-refractivity contribution in [2.45, 2.75) is 19.5 Å². The van der Waals surface area contributed by atoms with Crippen molar-refractivity contribution in [3.8, 4) is 5.75 Å². The number of hydrogen-bond acceptors (Lipinski definition) is 3. The van der Waals surface area contributed by atoms with Crippen LogP contribution in [0.5, 0.6) is 5.75 Å². The Labute approximate surface area is 160 Å². The average Bonchev–Trinajstić information content (AvgIpc) is 2.73. The van der Waals surface area contributed by atoms with Crippen molar-refractivity contribution in [2.75, 3.05) is 27.2 Å². The Kier molecular flexibility index (Phi) is 6.30. The van der Waals surface area contributed by atoms with Crippen molar-refractivity contribution in [3.05, 3.63) is 65.2 Å². The summed E-state index contributed by atoms with van der Waals surface area (Å²) in [6.07, 6.45) is 0.907. The van der Waals surface area contributed by atoms with Gasteiger partial charge in [-0.15, -0.1) is 0 Å². The quantitative estimate of drug-likeness (QED) is 0.627. The summed E-state index contributed by atoms with van der Waals surface area (Å²) in [4.78, 5) is 18.6. The van der Waals surface area contributed by atoms with Crippen LogP contribution < -0.4 is 15.4 Å². The summed E-state index contributed by atoms with van der Waals surface area (Å²) in [6, 6.07) is 16.1. The van der Waals surface area contributed by atoms with E-state index in [1.54, 1.807) is 14.2 Å². The fourth-order valence-corrected chi connectivity index (χ4v) is 3.17. The van der Waals surface area contributed by atoms with Crippen molar-refractivity contribution in [1.82, 2.24) is 15.5 Å². The van der Waals surface area contributed by atoms with Crippen LogP contribution in [0.15, 0.2) is 53.5 Å². The second kappa shape index (κ2) is 9.07. The molecule has 6 nitrogen and oxygen atoms in total. The number of benzene rings is 2. The van der Waals surface area contributed by atoms with E-state index in [2.05, 4.69) is 33.8 Å². The van der Waals surface area contributed by atoms with Gasteiger partial charge in [-0.3, -0.25) is 9.79 Å². The predicted molar refractivity (Wildman–Crippen MR) is 107 cm³/mol. The van der Waals surface area contributed by atoms with Gasteiger partial charge in [0.25, 0.3) is 0 Å². The van der Waals surface area contributed by atoms with Gasteiger partial charge in [0.15, 0.2) is 5.96 Å². The summed E-state index contributed by atoms with van der Waals surface area (Å²) in [6.45, 7) is 2.25. The summed E-state index contributed by atoms with van der Waals surface area (Å²) < 4.78 is 5.24. The highest BCUT2D eigenvalue weighted by molar-refractivity contribution is 5.86. The van der Waals surface area contributed by atoms with Crippen LogP contribution in [0.4, 0.5) is 0 Å². The van der Waals surface area contributed by atoms with Gasteiger partial charge in [0.1, 0.15) is 5.75 Å². The number of hydrogen-bond donors (Lipinski definition) is 2. The SMILES string of the molecule is CN=C(NCC(=O)N1CCc2ccccc2C1)NCc1cccc(OC)c1. The number of methoxy groups -OCH3 is 1. The van der Waals surface area contributed by atoms with E-state index in [0.29, 0.717) is 19.0 Å². The predicted octanol–water partition coefficient (Wildman–Crippen LogP) is 1.95. The molecule has 27 heavy (non-hydrogen) atoms. The minimum absolute atomic E-state index is 0.0776. The Morgan fingerprint density at radius 1 is 1.15 bits per heavy atom. The zero-order valence-corrected chi connectivity index (χ0v) is 15.9. The molecule has 2 aromatic carbocycles. The molecule has 0 aliphatic carbocycles. The van der Waals surface area contributed by atoms with E-state index in [1.807, 2.05) is 35.2 Å². The fraction of sp³-hybridized carbons (Fsp3) is 0.333. The molecule has 0 fully saturated rings. The van der Waals surface area contributed by atoms with Crippen molar-refractivity contribution in [3.63, 3.8) is 0 Å². The Balaban J connectivity index is 1.48. The Morgan fingerprint density at radius 2 is 1.96 bits per heavy atom. The smallest absolute Gasteiger partial charge is 0.242 e. The van der Waals surface area contributed by atoms with Gasteiger partial charge in [-0.05, 0) is 35.2 Å². The highest BCUT2D eigenvalue weighted by Gasteiger charge is 2.20. The normalized spacial score (nSPS) is 13.7. The third kappa shape index (κ3) is 5.00. The zero-order chi connectivity index (χ0) is 19.1. The highest BCUT2D eigenvalue weighted by atomic mass is 16.5. The van der Waals surface area contributed by atoms with Crippen molar-refractivity contribution >= 4 is 11.9 Å². The monoisotopic (exact) mass is 366 g/mol. The van der Waals surface area contributed by atoms with Gasteiger partial charge in [-0.2, -0.15) is 0 Å². The van der Waals surface area contributed by atoms with E-state index in [-0.39, 0.29) is 12.5 Å². The molecule has 2 aromatic rings. The molecule has 1 aliphatic heterocycles. The molecule has 0 spiro atoms. The van der Waals surface area contributed by atoms with Crippen LogP contribution in [0.2, 0.25) is 0 Å². The summed E-state index contributed by atoms with van der Waals surface area (Å²) >= 11 is 0. The molecule has 1 heterocycles. The van der Waals surface area contributed by atoms with Gasteiger partial charge >= 0.3 is 0 Å². The zero-order valence-electron chi connectivity index (χ0n) is 15.9. The lowest BCUT2D eigenvalue weighted by Gasteiger charge is -2.29. The molecular formula is C21H26N4O2. The standard InChI is InChI=1S/C21H26N4O2/c1-22-21(23-13-16-6-5-9-19(12-16)27-2)24-14-20(26)25-11-10-17-7-3-4-8-18(17)15-25/h3-9,12H,10-11,13-15H2,1-2H3,(H2,22,23,24). The number of guanidine groups is 1. The summed E-state index contributed by atoms with van der Waals surface area (Å²) in [7, 11) is 3.35. The first-order valence-electron chi connectivity index (χ1n) is 9.11. The van der Waals surface area contributed by atoms with E-state index in [1.165, 1.54) is 11.1 Å². The maximum absolute atomic E-state index is 12.6. The topological polar surface area (TPSA) is 66.0 Å². The number of amides is 1. The second-order valence-corrected chi connectivity index (χ2v) is 6.46. The van der Waals surface area contributed by atoms with Crippen molar-refractivity contribution in [1.29, 1.82) is 0 Å². The van der Waals surface area contributed by atoms with Crippen LogP contribution in [0.25, 0.3) is 0 Å². The maximum atomic E-state index is 12.6. The third-order valence-electron chi connectivity index (χ3n) is 4.71. The van der Waals surface area contributed by atoms with Gasteiger partial charge in [0.2, 0.25) is 5.91 Å². The van der Waals surface area contributed by atoms with Crippen LogP contribution in [-0.4, -0.2) is 44.0 Å². The number of nitrogens with zero attached hydrogens (tertiary/aromatic N) is 2. The van der Waals surface area contributed by atoms with Gasteiger partial charge in [-0.25, -0.2) is 0 Å². The minimum atomic E-state index is 0.0776. The van der Waals surface area contributed by atoms with Crippen molar-refractivity contribution < 1.29 is 9.53 Å². The molecule has 2 N–H and O–H groups in total. The number of carbonyl (C=O) groups excluding carboxylic acids is 1. The van der Waals surface area contributed by atoms with Crippen LogP contribution in [0, 0.1) is 0 Å². The molecule has 0 saturated heterocycles. The van der Waals surface area contributed by atoms with Gasteiger partial charge in [-0.1, -0.05) is 36.4 Å². The molecule has 1 amide bonds. The first kappa shape index (κ1) is 18.8. The first-order valence-corrected chi connectivity index (χ1v) is 9.11. The molecule has 0 radical (unpaired) electrons. The second-order valence-electron chi connectivity index (χ2n) is 6.46. The molecule has 142 valence electrons. The lowest BCUT2D eigenvalue weighted by atomic mass is 10.00. The molecular weight excluding hydrogens is 340 g/mol. The molecule has 0 atom stereocenters. The largest absolute Gasteiger partial charge is 0.497 e. The lowest BCUT2D eigenvalue weighted by molar-refractivity contribution is -0.130. The Hall–Kier alpha value is -3.02. The van der Waals surface area contributed by atoms with E-state index in [4.69, 9.17) is 4.74 Å². The van der Waals surface area contributed by atoms with E-state index in [0.717, 1.165) is 24.3 Å². The summed E-state index contributed by atoms with van der Waals surface area (Å²) in [5.41, 5.74) is 3.65. The average molecular weight is 366 g/mol. The lowest BCUT2D eigenvalue weighted by Crippen LogP contribution is -2.45. The molecule has 0 aromatic heterocycles. The summed E-state index contributed by atoms with van der Waals surface area (Å²) in [5.74, 6) is 1.50. The van der Waals surface area contributed by atoms with Gasteiger partial charge in [0, 0.05) is 26.7 Å². The van der Waals surface area contributed by atoms with Gasteiger partial charge < -0.3 is 20.3 Å². The maximum Gasteiger partial charge on any atom is 0.242 e. The summed E-state index contributed by atoms with van der Waals surface area (Å²) in [5, 5.41) is 6.33. The van der Waals surface area contributed by atoms with E-state index >= 15 is 0 Å². The van der Waals surface area contributed by atoms with Crippen LogP contribution in [-0.2, 0) is 24.3 Å². The fourth-order valence-electron chi connectivity index (χ4n) is 3.17. The number of carbonyl (C=O) groups is 1. The van der Waals surface area contributed by atoms with E-state index in [9.17, 15) is 4.79 Å².